The van der Waals surface area contributed by atoms with Crippen molar-refractivity contribution in [1.29, 1.82) is 0 Å². The van der Waals surface area contributed by atoms with Gasteiger partial charge in [0, 0.05) is 23.5 Å². The van der Waals surface area contributed by atoms with Gasteiger partial charge in [0.2, 0.25) is 0 Å². The monoisotopic (exact) mass is 384 g/mol. The molecule has 2 heterocycles. The highest BCUT2D eigenvalue weighted by molar-refractivity contribution is 7.13. The second kappa shape index (κ2) is 7.72. The molecular weight excluding hydrogens is 356 g/mol. The van der Waals surface area contributed by atoms with Crippen LogP contribution in [0.3, 0.4) is 0 Å². The van der Waals surface area contributed by atoms with Crippen LogP contribution in [-0.4, -0.2) is 33.0 Å². The number of nitrogens with zero attached hydrogens (tertiary/aromatic N) is 2. The van der Waals surface area contributed by atoms with E-state index in [9.17, 15) is 9.90 Å². The predicted molar refractivity (Wildman–Crippen MR) is 109 cm³/mol. The summed E-state index contributed by atoms with van der Waals surface area (Å²) in [6, 6.07) is 8.70. The normalized spacial score (nSPS) is 25.7. The Labute approximate surface area is 165 Å². The minimum absolute atomic E-state index is 0.353. The Morgan fingerprint density at radius 1 is 1.26 bits per heavy atom. The first-order chi connectivity index (χ1) is 13.0. The number of aliphatic carboxylic acids is 1. The molecule has 3 atom stereocenters. The molecule has 0 amide bonds. The molecule has 2 aliphatic rings. The van der Waals surface area contributed by atoms with Gasteiger partial charge >= 0.3 is 5.97 Å². The summed E-state index contributed by atoms with van der Waals surface area (Å²) < 4.78 is 0. The summed E-state index contributed by atoms with van der Waals surface area (Å²) >= 11 is 1.65. The Balaban J connectivity index is 1.51. The zero-order valence-corrected chi connectivity index (χ0v) is 16.9. The van der Waals surface area contributed by atoms with Crippen molar-refractivity contribution in [2.45, 2.75) is 70.5 Å². The number of thiazole rings is 1. The third kappa shape index (κ3) is 3.81. The van der Waals surface area contributed by atoms with E-state index in [1.165, 1.54) is 24.8 Å². The topological polar surface area (TPSA) is 53.4 Å². The maximum Gasteiger partial charge on any atom is 0.320 e. The Hall–Kier alpha value is -1.72. The third-order valence-electron chi connectivity index (χ3n) is 6.23. The highest BCUT2D eigenvalue weighted by atomic mass is 32.1. The van der Waals surface area contributed by atoms with Crippen molar-refractivity contribution in [2.75, 3.05) is 0 Å². The molecule has 144 valence electrons. The van der Waals surface area contributed by atoms with E-state index in [0.29, 0.717) is 24.4 Å². The number of aromatic nitrogens is 1. The molecule has 2 aromatic rings. The van der Waals surface area contributed by atoms with Gasteiger partial charge in [-0.15, -0.1) is 11.3 Å². The van der Waals surface area contributed by atoms with Gasteiger partial charge in [-0.05, 0) is 36.7 Å². The van der Waals surface area contributed by atoms with Crippen molar-refractivity contribution < 1.29 is 9.90 Å². The van der Waals surface area contributed by atoms with Gasteiger partial charge in [0.25, 0.3) is 0 Å². The van der Waals surface area contributed by atoms with E-state index in [4.69, 9.17) is 4.98 Å². The number of carboxylic acids is 1. The SMILES string of the molecule is CC(C)c1ccc(-c2nc(CN3C(C(=O)O)CC4CCCCC43)cs2)cc1. The number of carboxylic acid groups (broad SMARTS) is 1. The molecule has 27 heavy (non-hydrogen) atoms. The van der Waals surface area contributed by atoms with E-state index in [1.807, 2.05) is 0 Å². The van der Waals surface area contributed by atoms with Crippen LogP contribution in [0.4, 0.5) is 0 Å². The number of hydrogen-bond donors (Lipinski definition) is 1. The van der Waals surface area contributed by atoms with Crippen LogP contribution in [0, 0.1) is 5.92 Å². The zero-order chi connectivity index (χ0) is 19.0. The zero-order valence-electron chi connectivity index (χ0n) is 16.1. The number of hydrogen-bond acceptors (Lipinski definition) is 4. The van der Waals surface area contributed by atoms with Crippen molar-refractivity contribution in [1.82, 2.24) is 9.88 Å². The molecule has 1 aromatic heterocycles. The van der Waals surface area contributed by atoms with Gasteiger partial charge in [-0.2, -0.15) is 0 Å². The standard InChI is InChI=1S/C22H28N2O2S/c1-14(2)15-7-9-16(10-8-15)21-23-18(13-27-21)12-24-19-6-4-3-5-17(19)11-20(24)22(25)26/h7-10,13-14,17,19-20H,3-6,11-12H2,1-2H3,(H,25,26). The van der Waals surface area contributed by atoms with Crippen LogP contribution in [-0.2, 0) is 11.3 Å². The number of fused-ring (bicyclic) bond motifs is 1. The smallest absolute Gasteiger partial charge is 0.320 e. The molecule has 4 nitrogen and oxygen atoms in total. The van der Waals surface area contributed by atoms with Crippen LogP contribution < -0.4 is 0 Å². The summed E-state index contributed by atoms with van der Waals surface area (Å²) in [5.41, 5.74) is 3.48. The number of carbonyl (C=O) groups is 1. The Kier molecular flexibility index (Phi) is 5.33. The average Bonchev–Trinajstić information content (AvgIpc) is 3.27. The van der Waals surface area contributed by atoms with Crippen LogP contribution in [0.25, 0.3) is 10.6 Å². The highest BCUT2D eigenvalue weighted by Crippen LogP contribution is 2.40. The van der Waals surface area contributed by atoms with Gasteiger partial charge in [-0.3, -0.25) is 9.69 Å². The summed E-state index contributed by atoms with van der Waals surface area (Å²) in [5.74, 6) is 0.392. The fraction of sp³-hybridized carbons (Fsp3) is 0.545. The van der Waals surface area contributed by atoms with E-state index in [2.05, 4.69) is 48.4 Å². The summed E-state index contributed by atoms with van der Waals surface area (Å²) in [7, 11) is 0. The van der Waals surface area contributed by atoms with E-state index in [-0.39, 0.29) is 6.04 Å². The average molecular weight is 385 g/mol. The second-order valence-electron chi connectivity index (χ2n) is 8.29. The first kappa shape index (κ1) is 18.6. The first-order valence-corrected chi connectivity index (χ1v) is 10.9. The van der Waals surface area contributed by atoms with Gasteiger partial charge in [0.1, 0.15) is 11.0 Å². The van der Waals surface area contributed by atoms with E-state index in [0.717, 1.165) is 29.1 Å². The second-order valence-corrected chi connectivity index (χ2v) is 9.15. The minimum atomic E-state index is -0.677. The van der Waals surface area contributed by atoms with Gasteiger partial charge in [0.15, 0.2) is 0 Å². The van der Waals surface area contributed by atoms with Crippen LogP contribution >= 0.6 is 11.3 Å². The van der Waals surface area contributed by atoms with Crippen molar-refractivity contribution in [3.8, 4) is 10.6 Å². The molecule has 2 fully saturated rings. The fourth-order valence-electron chi connectivity index (χ4n) is 4.73. The maximum absolute atomic E-state index is 11.8. The first-order valence-electron chi connectivity index (χ1n) is 10.1. The summed E-state index contributed by atoms with van der Waals surface area (Å²) in [6.07, 6.45) is 5.56. The van der Waals surface area contributed by atoms with E-state index in [1.54, 1.807) is 11.3 Å². The molecule has 5 heteroatoms. The van der Waals surface area contributed by atoms with Crippen molar-refractivity contribution in [3.05, 3.63) is 40.9 Å². The number of likely N-dealkylation sites (tertiary alicyclic amines) is 1. The van der Waals surface area contributed by atoms with Crippen molar-refractivity contribution in [2.24, 2.45) is 5.92 Å². The van der Waals surface area contributed by atoms with Gasteiger partial charge in [0.05, 0.1) is 5.69 Å². The molecule has 1 aliphatic heterocycles. The molecule has 0 bridgehead atoms. The molecule has 0 radical (unpaired) electrons. The summed E-state index contributed by atoms with van der Waals surface area (Å²) in [5, 5.41) is 12.8. The van der Waals surface area contributed by atoms with E-state index < -0.39 is 5.97 Å². The van der Waals surface area contributed by atoms with Gasteiger partial charge < -0.3 is 5.11 Å². The minimum Gasteiger partial charge on any atom is -0.480 e. The quantitative estimate of drug-likeness (QED) is 0.774. The molecule has 1 N–H and O–H groups in total. The number of rotatable bonds is 5. The van der Waals surface area contributed by atoms with Crippen LogP contribution in [0.15, 0.2) is 29.6 Å². The van der Waals surface area contributed by atoms with Crippen LogP contribution in [0.5, 0.6) is 0 Å². The number of benzene rings is 1. The van der Waals surface area contributed by atoms with Gasteiger partial charge in [-0.25, -0.2) is 4.98 Å². The third-order valence-corrected chi connectivity index (χ3v) is 7.17. The van der Waals surface area contributed by atoms with Crippen LogP contribution in [0.2, 0.25) is 0 Å². The summed E-state index contributed by atoms with van der Waals surface area (Å²) in [6.45, 7) is 5.05. The Bertz CT molecular complexity index is 799. The fourth-order valence-corrected chi connectivity index (χ4v) is 5.55. The highest BCUT2D eigenvalue weighted by Gasteiger charge is 2.45. The molecule has 1 saturated carbocycles. The van der Waals surface area contributed by atoms with Gasteiger partial charge in [-0.1, -0.05) is 51.0 Å². The maximum atomic E-state index is 11.8. The van der Waals surface area contributed by atoms with Crippen LogP contribution in [0.1, 0.15) is 63.1 Å². The Morgan fingerprint density at radius 2 is 2.00 bits per heavy atom. The lowest BCUT2D eigenvalue weighted by Gasteiger charge is -2.32. The summed E-state index contributed by atoms with van der Waals surface area (Å²) in [4.78, 5) is 18.8. The largest absolute Gasteiger partial charge is 0.480 e. The van der Waals surface area contributed by atoms with Crippen molar-refractivity contribution in [3.63, 3.8) is 0 Å². The lowest BCUT2D eigenvalue weighted by Crippen LogP contribution is -2.41. The predicted octanol–water partition coefficient (Wildman–Crippen LogP) is 5.15. The molecule has 4 rings (SSSR count). The molecule has 1 aliphatic carbocycles. The Morgan fingerprint density at radius 3 is 2.70 bits per heavy atom. The van der Waals surface area contributed by atoms with E-state index >= 15 is 0 Å². The molecule has 0 spiro atoms. The molecule has 3 unspecified atom stereocenters. The lowest BCUT2D eigenvalue weighted by molar-refractivity contribution is -0.142. The molecular formula is C22H28N2O2S. The molecule has 1 saturated heterocycles. The van der Waals surface area contributed by atoms with Crippen molar-refractivity contribution >= 4 is 17.3 Å². The lowest BCUT2D eigenvalue weighted by atomic mass is 9.85. The molecule has 1 aromatic carbocycles.